The smallest absolute Gasteiger partial charge is 0.261 e. The molecule has 1 amide bonds. The second-order valence-corrected chi connectivity index (χ2v) is 10.5. The summed E-state index contributed by atoms with van der Waals surface area (Å²) in [5.74, 6) is 4.79. The fourth-order valence-corrected chi connectivity index (χ4v) is 4.70. The lowest BCUT2D eigenvalue weighted by molar-refractivity contribution is -0.0392. The van der Waals surface area contributed by atoms with Crippen LogP contribution < -0.4 is 4.90 Å². The summed E-state index contributed by atoms with van der Waals surface area (Å²) >= 11 is 6.94. The van der Waals surface area contributed by atoms with Crippen LogP contribution in [-0.2, 0) is 0 Å². The Kier molecular flexibility index (Phi) is 7.64. The molecule has 1 aliphatic rings. The third-order valence-corrected chi connectivity index (χ3v) is 6.52. The molecule has 8 heteroatoms. The van der Waals surface area contributed by atoms with Crippen LogP contribution in [0.25, 0.3) is 0 Å². The fraction of sp³-hybridized carbons (Fsp3) is 0.458. The summed E-state index contributed by atoms with van der Waals surface area (Å²) in [6, 6.07) is 5.15. The van der Waals surface area contributed by atoms with Crippen LogP contribution >= 0.6 is 22.9 Å². The van der Waals surface area contributed by atoms with Crippen LogP contribution in [0.4, 0.5) is 10.1 Å². The number of benzene rings is 1. The highest BCUT2D eigenvalue weighted by atomic mass is 35.5. The van der Waals surface area contributed by atoms with Gasteiger partial charge in [0.1, 0.15) is 5.82 Å². The monoisotopic (exact) mass is 479 g/mol. The summed E-state index contributed by atoms with van der Waals surface area (Å²) in [6.07, 6.45) is -0.275. The Morgan fingerprint density at radius 1 is 1.22 bits per heavy atom. The summed E-state index contributed by atoms with van der Waals surface area (Å²) in [5.41, 5.74) is -0.125. The Labute approximate surface area is 196 Å². The number of hydrogen-bond donors (Lipinski definition) is 3. The second-order valence-electron chi connectivity index (χ2n) is 9.00. The maximum atomic E-state index is 14.6. The molecular formula is C24H27ClFNO4S. The van der Waals surface area contributed by atoms with Crippen molar-refractivity contribution in [3.8, 4) is 11.8 Å². The number of halogens is 2. The molecule has 1 saturated carbocycles. The number of aliphatic hydroxyl groups excluding tert-OH is 2. The van der Waals surface area contributed by atoms with Gasteiger partial charge < -0.3 is 20.2 Å². The molecule has 0 saturated heterocycles. The highest BCUT2D eigenvalue weighted by molar-refractivity contribution is 7.13. The first-order valence-corrected chi connectivity index (χ1v) is 11.7. The predicted molar refractivity (Wildman–Crippen MR) is 124 cm³/mol. The van der Waals surface area contributed by atoms with Crippen molar-refractivity contribution in [2.75, 3.05) is 4.90 Å². The Morgan fingerprint density at radius 2 is 1.88 bits per heavy atom. The molecule has 0 aliphatic heterocycles. The number of nitrogens with zero attached hydrogens (tertiary/aromatic N) is 1. The molecule has 1 aromatic heterocycles. The molecule has 2 aromatic rings. The van der Waals surface area contributed by atoms with E-state index in [4.69, 9.17) is 11.6 Å². The molecule has 5 nitrogen and oxygen atoms in total. The van der Waals surface area contributed by atoms with Crippen molar-refractivity contribution in [3.05, 3.63) is 50.4 Å². The van der Waals surface area contributed by atoms with E-state index in [0.717, 1.165) is 17.4 Å². The van der Waals surface area contributed by atoms with Crippen molar-refractivity contribution >= 4 is 34.5 Å². The van der Waals surface area contributed by atoms with Gasteiger partial charge in [-0.1, -0.05) is 23.4 Å². The zero-order valence-electron chi connectivity index (χ0n) is 18.2. The Hall–Kier alpha value is -1.95. The maximum absolute atomic E-state index is 14.6. The van der Waals surface area contributed by atoms with Crippen LogP contribution in [0.1, 0.15) is 72.9 Å². The van der Waals surface area contributed by atoms with Gasteiger partial charge in [-0.25, -0.2) is 4.39 Å². The summed E-state index contributed by atoms with van der Waals surface area (Å²) in [7, 11) is 0. The van der Waals surface area contributed by atoms with E-state index in [0.29, 0.717) is 36.2 Å². The highest BCUT2D eigenvalue weighted by Crippen LogP contribution is 2.39. The summed E-state index contributed by atoms with van der Waals surface area (Å²) < 4.78 is 14.6. The number of aliphatic hydroxyl groups is 3. The van der Waals surface area contributed by atoms with Crippen LogP contribution in [-0.4, -0.2) is 33.4 Å². The van der Waals surface area contributed by atoms with Gasteiger partial charge in [0.05, 0.1) is 27.1 Å². The highest BCUT2D eigenvalue weighted by Gasteiger charge is 2.34. The molecule has 1 heterocycles. The van der Waals surface area contributed by atoms with E-state index in [1.165, 1.54) is 17.0 Å². The van der Waals surface area contributed by atoms with Gasteiger partial charge in [-0.3, -0.25) is 4.79 Å². The Bertz CT molecular complexity index is 1040. The molecule has 0 bridgehead atoms. The fourth-order valence-electron chi connectivity index (χ4n) is 3.66. The number of amides is 1. The second kappa shape index (κ2) is 9.90. The van der Waals surface area contributed by atoms with E-state index in [1.54, 1.807) is 6.07 Å². The van der Waals surface area contributed by atoms with Gasteiger partial charge in [0.2, 0.25) is 0 Å². The molecule has 1 fully saturated rings. The summed E-state index contributed by atoms with van der Waals surface area (Å²) in [5, 5.41) is 30.2. The van der Waals surface area contributed by atoms with Crippen LogP contribution in [0.2, 0.25) is 5.02 Å². The van der Waals surface area contributed by atoms with Crippen molar-refractivity contribution < 1.29 is 24.5 Å². The first kappa shape index (κ1) is 24.7. The zero-order valence-corrected chi connectivity index (χ0v) is 19.8. The number of hydrogen-bond acceptors (Lipinski definition) is 5. The van der Waals surface area contributed by atoms with Crippen LogP contribution in [0, 0.1) is 23.1 Å². The lowest BCUT2D eigenvalue weighted by atomic mass is 9.91. The lowest BCUT2D eigenvalue weighted by Crippen LogP contribution is -2.44. The van der Waals surface area contributed by atoms with Gasteiger partial charge in [0.15, 0.2) is 6.29 Å². The van der Waals surface area contributed by atoms with Crippen molar-refractivity contribution in [2.24, 2.45) is 5.41 Å². The van der Waals surface area contributed by atoms with Crippen molar-refractivity contribution in [3.63, 3.8) is 0 Å². The molecule has 0 spiro atoms. The molecule has 3 rings (SSSR count). The van der Waals surface area contributed by atoms with Crippen LogP contribution in [0.3, 0.4) is 0 Å². The van der Waals surface area contributed by atoms with E-state index >= 15 is 0 Å². The SMILES string of the molecule is CC(C)(C)C#Cc1cc(N(C(=O)c2ccc(Cl)cc2F)C2CCC(O)CC2)c(C(O)O)s1. The number of carbonyl (C=O) groups is 1. The molecule has 1 aliphatic carbocycles. The molecular weight excluding hydrogens is 453 g/mol. The standard InChI is InChI=1S/C24H27ClFNO4S/c1-24(2,3)11-10-17-13-20(21(32-17)23(30)31)27(15-5-7-16(28)8-6-15)22(29)18-9-4-14(25)12-19(18)26/h4,9,12-13,15-16,23,28,30-31H,5-8H2,1-3H3. The van der Waals surface area contributed by atoms with Crippen LogP contribution in [0.5, 0.6) is 0 Å². The average Bonchev–Trinajstić information content (AvgIpc) is 3.12. The number of anilines is 1. The summed E-state index contributed by atoms with van der Waals surface area (Å²) in [6.45, 7) is 5.88. The minimum absolute atomic E-state index is 0.160. The van der Waals surface area contributed by atoms with E-state index in [-0.39, 0.29) is 26.9 Å². The molecule has 172 valence electrons. The molecule has 32 heavy (non-hydrogen) atoms. The Balaban J connectivity index is 2.11. The van der Waals surface area contributed by atoms with E-state index < -0.39 is 24.1 Å². The molecule has 1 aromatic carbocycles. The van der Waals surface area contributed by atoms with Gasteiger partial charge in [0.25, 0.3) is 5.91 Å². The third kappa shape index (κ3) is 5.89. The van der Waals surface area contributed by atoms with Gasteiger partial charge >= 0.3 is 0 Å². The first-order chi connectivity index (χ1) is 15.0. The minimum Gasteiger partial charge on any atom is -0.393 e. The van der Waals surface area contributed by atoms with Crippen molar-refractivity contribution in [1.29, 1.82) is 0 Å². The molecule has 0 atom stereocenters. The molecule has 3 N–H and O–H groups in total. The van der Waals surface area contributed by atoms with Gasteiger partial charge in [-0.15, -0.1) is 11.3 Å². The van der Waals surface area contributed by atoms with E-state index in [2.05, 4.69) is 11.8 Å². The quantitative estimate of drug-likeness (QED) is 0.431. The molecule has 0 unspecified atom stereocenters. The van der Waals surface area contributed by atoms with Gasteiger partial charge in [0, 0.05) is 16.5 Å². The van der Waals surface area contributed by atoms with Crippen molar-refractivity contribution in [2.45, 2.75) is 64.9 Å². The lowest BCUT2D eigenvalue weighted by Gasteiger charge is -2.36. The predicted octanol–water partition coefficient (Wildman–Crippen LogP) is 4.87. The van der Waals surface area contributed by atoms with Gasteiger partial charge in [-0.05, 0) is 70.7 Å². The minimum atomic E-state index is -1.82. The average molecular weight is 480 g/mol. The van der Waals surface area contributed by atoms with Crippen molar-refractivity contribution in [1.82, 2.24) is 0 Å². The normalized spacial score (nSPS) is 18.9. The Morgan fingerprint density at radius 3 is 2.44 bits per heavy atom. The largest absolute Gasteiger partial charge is 0.393 e. The topological polar surface area (TPSA) is 81.0 Å². The van der Waals surface area contributed by atoms with Gasteiger partial charge in [-0.2, -0.15) is 0 Å². The third-order valence-electron chi connectivity index (χ3n) is 5.21. The van der Waals surface area contributed by atoms with Crippen LogP contribution in [0.15, 0.2) is 24.3 Å². The first-order valence-electron chi connectivity index (χ1n) is 10.5. The number of rotatable bonds is 4. The number of thiophene rings is 1. The zero-order chi connectivity index (χ0) is 23.6. The summed E-state index contributed by atoms with van der Waals surface area (Å²) in [4.78, 5) is 15.7. The van der Waals surface area contributed by atoms with E-state index in [1.807, 2.05) is 20.8 Å². The number of carbonyl (C=O) groups excluding carboxylic acids is 1. The van der Waals surface area contributed by atoms with E-state index in [9.17, 15) is 24.5 Å². The maximum Gasteiger partial charge on any atom is 0.261 e. The molecule has 0 radical (unpaired) electrons.